The smallest absolute Gasteiger partial charge is 0.236 e. The highest BCUT2D eigenvalue weighted by Gasteiger charge is 2.17. The average Bonchev–Trinajstić information content (AvgIpc) is 3.06. The molecular weight excluding hydrogens is 290 g/mol. The zero-order chi connectivity index (χ0) is 16.2. The van der Waals surface area contributed by atoms with Gasteiger partial charge in [0.25, 0.3) is 0 Å². The molecule has 1 aliphatic rings. The van der Waals surface area contributed by atoms with Crippen molar-refractivity contribution in [2.24, 2.45) is 0 Å². The van der Waals surface area contributed by atoms with Crippen molar-refractivity contribution < 1.29 is 4.79 Å². The maximum Gasteiger partial charge on any atom is 0.236 e. The Morgan fingerprint density at radius 1 is 1.35 bits per heavy atom. The van der Waals surface area contributed by atoms with E-state index >= 15 is 0 Å². The summed E-state index contributed by atoms with van der Waals surface area (Å²) in [5.41, 5.74) is 2.40. The SMILES string of the molecule is CN(C)C(=O)CN1CC=C(c2cnn(-c3ccccn3)c2)CC1. The number of carbonyl (C=O) groups excluding carboxylic acids is 1. The largest absolute Gasteiger partial charge is 0.348 e. The van der Waals surface area contributed by atoms with Crippen LogP contribution in [-0.4, -0.2) is 64.2 Å². The van der Waals surface area contributed by atoms with Gasteiger partial charge in [0.15, 0.2) is 5.82 Å². The summed E-state index contributed by atoms with van der Waals surface area (Å²) in [5.74, 6) is 0.957. The zero-order valence-corrected chi connectivity index (χ0v) is 13.5. The number of amides is 1. The first kappa shape index (κ1) is 15.4. The predicted molar refractivity (Wildman–Crippen MR) is 89.1 cm³/mol. The third-order valence-corrected chi connectivity index (χ3v) is 3.99. The van der Waals surface area contributed by atoms with Crippen LogP contribution in [0.3, 0.4) is 0 Å². The van der Waals surface area contributed by atoms with Crippen LogP contribution >= 0.6 is 0 Å². The van der Waals surface area contributed by atoms with Crippen molar-refractivity contribution >= 4 is 11.5 Å². The molecule has 0 fully saturated rings. The van der Waals surface area contributed by atoms with Crippen LogP contribution in [-0.2, 0) is 4.79 Å². The molecule has 0 atom stereocenters. The summed E-state index contributed by atoms with van der Waals surface area (Å²) < 4.78 is 1.79. The van der Waals surface area contributed by atoms with Crippen molar-refractivity contribution in [2.75, 3.05) is 33.7 Å². The molecule has 0 aliphatic carbocycles. The summed E-state index contributed by atoms with van der Waals surface area (Å²) >= 11 is 0. The Kier molecular flexibility index (Phi) is 4.52. The summed E-state index contributed by atoms with van der Waals surface area (Å²) in [5, 5.41) is 4.39. The molecule has 0 unspecified atom stereocenters. The molecule has 3 heterocycles. The summed E-state index contributed by atoms with van der Waals surface area (Å²) in [4.78, 5) is 19.9. The fourth-order valence-electron chi connectivity index (χ4n) is 2.55. The molecule has 3 rings (SSSR count). The highest BCUT2D eigenvalue weighted by Crippen LogP contribution is 2.22. The fraction of sp³-hybridized carbons (Fsp3) is 0.353. The maximum atomic E-state index is 11.8. The van der Waals surface area contributed by atoms with Crippen molar-refractivity contribution in [2.45, 2.75) is 6.42 Å². The Bertz CT molecular complexity index is 705. The van der Waals surface area contributed by atoms with Gasteiger partial charge in [-0.05, 0) is 24.1 Å². The molecule has 0 radical (unpaired) electrons. The second-order valence-electron chi connectivity index (χ2n) is 5.86. The zero-order valence-electron chi connectivity index (χ0n) is 13.5. The van der Waals surface area contributed by atoms with E-state index in [1.165, 1.54) is 5.57 Å². The van der Waals surface area contributed by atoms with E-state index in [1.807, 2.05) is 30.6 Å². The summed E-state index contributed by atoms with van der Waals surface area (Å²) in [7, 11) is 3.58. The van der Waals surface area contributed by atoms with Gasteiger partial charge < -0.3 is 4.90 Å². The van der Waals surface area contributed by atoms with Crippen LogP contribution in [0.5, 0.6) is 0 Å². The third kappa shape index (κ3) is 3.65. The lowest BCUT2D eigenvalue weighted by Gasteiger charge is -2.26. The lowest BCUT2D eigenvalue weighted by molar-refractivity contribution is -0.129. The van der Waals surface area contributed by atoms with Gasteiger partial charge >= 0.3 is 0 Å². The molecule has 1 aliphatic heterocycles. The van der Waals surface area contributed by atoms with Crippen molar-refractivity contribution in [1.82, 2.24) is 24.6 Å². The van der Waals surface area contributed by atoms with E-state index in [0.717, 1.165) is 30.9 Å². The number of aromatic nitrogens is 3. The minimum Gasteiger partial charge on any atom is -0.348 e. The molecule has 0 N–H and O–H groups in total. The van der Waals surface area contributed by atoms with Crippen LogP contribution in [0.15, 0.2) is 42.9 Å². The minimum absolute atomic E-state index is 0.143. The second kappa shape index (κ2) is 6.75. The van der Waals surface area contributed by atoms with Gasteiger partial charge in [0, 0.05) is 45.1 Å². The lowest BCUT2D eigenvalue weighted by Crippen LogP contribution is -2.38. The van der Waals surface area contributed by atoms with Crippen LogP contribution in [0.1, 0.15) is 12.0 Å². The second-order valence-corrected chi connectivity index (χ2v) is 5.86. The molecule has 6 nitrogen and oxygen atoms in total. The highest BCUT2D eigenvalue weighted by molar-refractivity contribution is 5.78. The quantitative estimate of drug-likeness (QED) is 0.857. The molecular formula is C17H21N5O. The summed E-state index contributed by atoms with van der Waals surface area (Å²) in [6, 6.07) is 5.77. The maximum absolute atomic E-state index is 11.8. The molecule has 2 aromatic heterocycles. The Labute approximate surface area is 136 Å². The number of likely N-dealkylation sites (N-methyl/N-ethyl adjacent to an activating group) is 1. The molecule has 0 aromatic carbocycles. The Balaban J connectivity index is 1.66. The number of nitrogens with zero attached hydrogens (tertiary/aromatic N) is 5. The standard InChI is InChI=1S/C17H21N5O/c1-20(2)17(23)13-21-9-6-14(7-10-21)15-11-19-22(12-15)16-5-3-4-8-18-16/h3-6,8,11-12H,7,9-10,13H2,1-2H3. The topological polar surface area (TPSA) is 54.3 Å². The first-order valence-corrected chi connectivity index (χ1v) is 7.71. The first-order chi connectivity index (χ1) is 11.1. The van der Waals surface area contributed by atoms with Crippen LogP contribution in [0.4, 0.5) is 0 Å². The first-order valence-electron chi connectivity index (χ1n) is 7.71. The van der Waals surface area contributed by atoms with Crippen molar-refractivity contribution in [3.8, 4) is 5.82 Å². The van der Waals surface area contributed by atoms with E-state index in [2.05, 4.69) is 21.1 Å². The molecule has 0 saturated heterocycles. The van der Waals surface area contributed by atoms with Gasteiger partial charge in [-0.3, -0.25) is 9.69 Å². The average molecular weight is 311 g/mol. The van der Waals surface area contributed by atoms with E-state index in [0.29, 0.717) is 6.54 Å². The highest BCUT2D eigenvalue weighted by atomic mass is 16.2. The number of hydrogen-bond donors (Lipinski definition) is 0. The van der Waals surface area contributed by atoms with Gasteiger partial charge in [0.05, 0.1) is 12.7 Å². The van der Waals surface area contributed by atoms with Gasteiger partial charge in [-0.25, -0.2) is 9.67 Å². The van der Waals surface area contributed by atoms with E-state index in [9.17, 15) is 4.79 Å². The molecule has 2 aromatic rings. The molecule has 0 spiro atoms. The summed E-state index contributed by atoms with van der Waals surface area (Å²) in [6.45, 7) is 2.16. The lowest BCUT2D eigenvalue weighted by atomic mass is 10.0. The molecule has 6 heteroatoms. The molecule has 23 heavy (non-hydrogen) atoms. The number of pyridine rings is 1. The van der Waals surface area contributed by atoms with Gasteiger partial charge in [-0.15, -0.1) is 0 Å². The van der Waals surface area contributed by atoms with E-state index < -0.39 is 0 Å². The normalized spacial score (nSPS) is 15.3. The van der Waals surface area contributed by atoms with Gasteiger partial charge in [0.1, 0.15) is 0 Å². The Hall–Kier alpha value is -2.47. The molecule has 0 saturated carbocycles. The van der Waals surface area contributed by atoms with Crippen molar-refractivity contribution in [3.05, 3.63) is 48.4 Å². The van der Waals surface area contributed by atoms with E-state index in [-0.39, 0.29) is 5.91 Å². The van der Waals surface area contributed by atoms with Crippen LogP contribution in [0.2, 0.25) is 0 Å². The number of carbonyl (C=O) groups is 1. The minimum atomic E-state index is 0.143. The van der Waals surface area contributed by atoms with Gasteiger partial charge in [-0.2, -0.15) is 5.10 Å². The summed E-state index contributed by atoms with van der Waals surface area (Å²) in [6.07, 6.45) is 8.76. The molecule has 0 bridgehead atoms. The Morgan fingerprint density at radius 3 is 2.87 bits per heavy atom. The van der Waals surface area contributed by atoms with Crippen LogP contribution in [0.25, 0.3) is 11.4 Å². The Morgan fingerprint density at radius 2 is 2.22 bits per heavy atom. The predicted octanol–water partition coefficient (Wildman–Crippen LogP) is 1.44. The van der Waals surface area contributed by atoms with Crippen LogP contribution < -0.4 is 0 Å². The van der Waals surface area contributed by atoms with Crippen LogP contribution in [0, 0.1) is 0 Å². The monoisotopic (exact) mass is 311 g/mol. The van der Waals surface area contributed by atoms with Gasteiger partial charge in [0.2, 0.25) is 5.91 Å². The molecule has 1 amide bonds. The molecule has 120 valence electrons. The van der Waals surface area contributed by atoms with E-state index in [1.54, 1.807) is 29.9 Å². The number of hydrogen-bond acceptors (Lipinski definition) is 4. The van der Waals surface area contributed by atoms with Gasteiger partial charge in [-0.1, -0.05) is 12.1 Å². The van der Waals surface area contributed by atoms with E-state index in [4.69, 9.17) is 0 Å². The number of rotatable bonds is 4. The van der Waals surface area contributed by atoms with Crippen molar-refractivity contribution in [1.29, 1.82) is 0 Å². The third-order valence-electron chi connectivity index (χ3n) is 3.99. The van der Waals surface area contributed by atoms with Crippen molar-refractivity contribution in [3.63, 3.8) is 0 Å². The fourth-order valence-corrected chi connectivity index (χ4v) is 2.55.